The van der Waals surface area contributed by atoms with Crippen LogP contribution in [0.3, 0.4) is 0 Å². The zero-order valence-electron chi connectivity index (χ0n) is 10.1. The van der Waals surface area contributed by atoms with Gasteiger partial charge in [-0.2, -0.15) is 13.2 Å². The molecule has 0 aliphatic heterocycles. The highest BCUT2D eigenvalue weighted by molar-refractivity contribution is 7.74. The number of aryl methyl sites for hydroxylation is 1. The maximum Gasteiger partial charge on any atom is 0.416 e. The van der Waals surface area contributed by atoms with Crippen molar-refractivity contribution in [2.75, 3.05) is 0 Å². The van der Waals surface area contributed by atoms with Crippen molar-refractivity contribution in [2.45, 2.75) is 13.1 Å². The third-order valence-corrected chi connectivity index (χ3v) is 2.64. The summed E-state index contributed by atoms with van der Waals surface area (Å²) >= 11 is 2.53. The molecule has 0 saturated heterocycles. The molecule has 0 atom stereocenters. The zero-order chi connectivity index (χ0) is 14.5. The Kier molecular flexibility index (Phi) is 5.44. The molecule has 19 heavy (non-hydrogen) atoms. The summed E-state index contributed by atoms with van der Waals surface area (Å²) in [5.74, 6) is 0. The number of benzene rings is 2. The molecule has 102 valence electrons. The lowest BCUT2D eigenvalue weighted by Gasteiger charge is -2.11. The molecule has 0 fully saturated rings. The standard InChI is InChI=1S/C14H11F3.H2OS/c1-10-9-12(14(15,16)17)7-8-13(10)11-5-3-2-4-6-11;1-2/h2-9H,1H3;1-2H. The van der Waals surface area contributed by atoms with E-state index in [4.69, 9.17) is 4.55 Å². The zero-order valence-corrected chi connectivity index (χ0v) is 11.0. The van der Waals surface area contributed by atoms with E-state index < -0.39 is 11.7 Å². The Bertz CT molecular complexity index is 524. The summed E-state index contributed by atoms with van der Waals surface area (Å²) in [6.45, 7) is 1.69. The number of thiol groups is 1. The second-order valence-corrected chi connectivity index (χ2v) is 3.89. The average Bonchev–Trinajstić information content (AvgIpc) is 2.41. The molecule has 0 saturated carbocycles. The van der Waals surface area contributed by atoms with E-state index in [-0.39, 0.29) is 0 Å². The quantitative estimate of drug-likeness (QED) is 0.554. The van der Waals surface area contributed by atoms with E-state index in [1.807, 2.05) is 30.3 Å². The number of halogens is 3. The van der Waals surface area contributed by atoms with Crippen molar-refractivity contribution in [2.24, 2.45) is 0 Å². The summed E-state index contributed by atoms with van der Waals surface area (Å²) in [4.78, 5) is 0. The van der Waals surface area contributed by atoms with Gasteiger partial charge in [-0.05, 0) is 48.7 Å². The van der Waals surface area contributed by atoms with Crippen LogP contribution in [0.5, 0.6) is 0 Å². The maximum atomic E-state index is 12.5. The van der Waals surface area contributed by atoms with E-state index in [1.165, 1.54) is 12.1 Å². The number of hydrogen-bond donors (Lipinski definition) is 2. The van der Waals surface area contributed by atoms with Gasteiger partial charge in [0.2, 0.25) is 0 Å². The van der Waals surface area contributed by atoms with Crippen molar-refractivity contribution in [3.8, 4) is 11.1 Å². The summed E-state index contributed by atoms with van der Waals surface area (Å²) in [7, 11) is 0. The van der Waals surface area contributed by atoms with Gasteiger partial charge in [-0.3, -0.25) is 0 Å². The largest absolute Gasteiger partial charge is 0.416 e. The van der Waals surface area contributed by atoms with Gasteiger partial charge in [0.1, 0.15) is 0 Å². The Morgan fingerprint density at radius 2 is 1.53 bits per heavy atom. The van der Waals surface area contributed by atoms with Crippen molar-refractivity contribution in [1.82, 2.24) is 0 Å². The Morgan fingerprint density at radius 3 is 2.00 bits per heavy atom. The molecular formula is C14H13F3OS. The van der Waals surface area contributed by atoms with Gasteiger partial charge >= 0.3 is 6.18 Å². The number of alkyl halides is 3. The molecule has 0 spiro atoms. The van der Waals surface area contributed by atoms with Gasteiger partial charge in [-0.15, -0.1) is 0 Å². The lowest BCUT2D eigenvalue weighted by molar-refractivity contribution is -0.137. The fraction of sp³-hybridized carbons (Fsp3) is 0.143. The smallest absolute Gasteiger partial charge is 0.333 e. The van der Waals surface area contributed by atoms with Gasteiger partial charge in [0.25, 0.3) is 0 Å². The molecule has 0 aliphatic rings. The monoisotopic (exact) mass is 286 g/mol. The average molecular weight is 286 g/mol. The fourth-order valence-electron chi connectivity index (χ4n) is 1.78. The van der Waals surface area contributed by atoms with Crippen LogP contribution in [0.2, 0.25) is 0 Å². The number of rotatable bonds is 1. The normalized spacial score (nSPS) is 10.6. The summed E-state index contributed by atoms with van der Waals surface area (Å²) < 4.78 is 44.2. The van der Waals surface area contributed by atoms with Crippen molar-refractivity contribution >= 4 is 12.9 Å². The first-order valence-electron chi connectivity index (χ1n) is 5.42. The Balaban J connectivity index is 0.000000861. The summed E-state index contributed by atoms with van der Waals surface area (Å²) in [5, 5.41) is 0. The van der Waals surface area contributed by atoms with Gasteiger partial charge in [-0.25, -0.2) is 0 Å². The minimum Gasteiger partial charge on any atom is -0.333 e. The molecule has 1 nitrogen and oxygen atoms in total. The fourth-order valence-corrected chi connectivity index (χ4v) is 1.78. The third-order valence-electron chi connectivity index (χ3n) is 2.64. The molecule has 0 amide bonds. The van der Waals surface area contributed by atoms with Gasteiger partial charge in [0, 0.05) is 0 Å². The Labute approximate surface area is 115 Å². The van der Waals surface area contributed by atoms with Gasteiger partial charge in [0.05, 0.1) is 5.56 Å². The Morgan fingerprint density at radius 1 is 0.947 bits per heavy atom. The molecule has 0 aliphatic carbocycles. The van der Waals surface area contributed by atoms with Gasteiger partial charge in [0.15, 0.2) is 0 Å². The highest BCUT2D eigenvalue weighted by atomic mass is 32.1. The van der Waals surface area contributed by atoms with Crippen molar-refractivity contribution in [1.29, 1.82) is 0 Å². The van der Waals surface area contributed by atoms with Crippen LogP contribution >= 0.6 is 12.9 Å². The van der Waals surface area contributed by atoms with Crippen molar-refractivity contribution in [3.05, 3.63) is 59.7 Å². The first-order valence-corrected chi connectivity index (χ1v) is 5.82. The highest BCUT2D eigenvalue weighted by Crippen LogP contribution is 2.32. The summed E-state index contributed by atoms with van der Waals surface area (Å²) in [6, 6.07) is 13.2. The molecule has 0 radical (unpaired) electrons. The van der Waals surface area contributed by atoms with Crippen LogP contribution in [-0.4, -0.2) is 4.55 Å². The van der Waals surface area contributed by atoms with Gasteiger partial charge in [-0.1, -0.05) is 36.4 Å². The topological polar surface area (TPSA) is 20.2 Å². The van der Waals surface area contributed by atoms with Crippen LogP contribution in [0.4, 0.5) is 13.2 Å². The molecule has 0 bridgehead atoms. The predicted octanol–water partition coefficient (Wildman–Crippen LogP) is 5.07. The van der Waals surface area contributed by atoms with Gasteiger partial charge < -0.3 is 4.55 Å². The minimum atomic E-state index is -4.28. The highest BCUT2D eigenvalue weighted by Gasteiger charge is 2.30. The third kappa shape index (κ3) is 4.01. The lowest BCUT2D eigenvalue weighted by Crippen LogP contribution is -2.05. The second-order valence-electron chi connectivity index (χ2n) is 3.89. The molecule has 2 aromatic carbocycles. The van der Waals surface area contributed by atoms with Crippen LogP contribution in [0.15, 0.2) is 48.5 Å². The SMILES string of the molecule is Cc1cc(C(F)(F)F)ccc1-c1ccccc1.OS. The molecule has 0 aromatic heterocycles. The first kappa shape index (κ1) is 15.6. The molecule has 2 aromatic rings. The van der Waals surface area contributed by atoms with Crippen molar-refractivity contribution in [3.63, 3.8) is 0 Å². The molecule has 0 heterocycles. The van der Waals surface area contributed by atoms with Crippen LogP contribution in [0.25, 0.3) is 11.1 Å². The lowest BCUT2D eigenvalue weighted by atomic mass is 9.98. The van der Waals surface area contributed by atoms with E-state index in [9.17, 15) is 13.2 Å². The van der Waals surface area contributed by atoms with E-state index in [2.05, 4.69) is 12.9 Å². The Hall–Kier alpha value is -1.46. The first-order chi connectivity index (χ1) is 8.98. The van der Waals surface area contributed by atoms with Crippen LogP contribution in [-0.2, 0) is 6.18 Å². The minimum absolute atomic E-state index is 0.602. The van der Waals surface area contributed by atoms with Crippen molar-refractivity contribution < 1.29 is 17.7 Å². The van der Waals surface area contributed by atoms with Crippen LogP contribution in [0.1, 0.15) is 11.1 Å². The molecular weight excluding hydrogens is 273 g/mol. The molecule has 0 unspecified atom stereocenters. The van der Waals surface area contributed by atoms with E-state index in [1.54, 1.807) is 6.92 Å². The van der Waals surface area contributed by atoms with E-state index in [0.717, 1.165) is 17.2 Å². The molecule has 5 heteroatoms. The molecule has 2 rings (SSSR count). The summed E-state index contributed by atoms with van der Waals surface area (Å²) in [6.07, 6.45) is -4.28. The van der Waals surface area contributed by atoms with Crippen LogP contribution < -0.4 is 0 Å². The summed E-state index contributed by atoms with van der Waals surface area (Å²) in [5.41, 5.74) is 1.79. The maximum absolute atomic E-state index is 12.5. The molecule has 1 N–H and O–H groups in total. The van der Waals surface area contributed by atoms with Crippen LogP contribution in [0, 0.1) is 6.92 Å². The van der Waals surface area contributed by atoms with E-state index >= 15 is 0 Å². The predicted molar refractivity (Wildman–Crippen MR) is 73.2 cm³/mol. The number of hydrogen-bond acceptors (Lipinski definition) is 2. The second kappa shape index (κ2) is 6.63. The van der Waals surface area contributed by atoms with E-state index in [0.29, 0.717) is 5.56 Å².